The van der Waals surface area contributed by atoms with Crippen LogP contribution >= 0.6 is 0 Å². The summed E-state index contributed by atoms with van der Waals surface area (Å²) in [5, 5.41) is 8.49. The van der Waals surface area contributed by atoms with E-state index in [1.807, 2.05) is 6.07 Å². The van der Waals surface area contributed by atoms with Gasteiger partial charge in [-0.25, -0.2) is 9.37 Å². The van der Waals surface area contributed by atoms with Crippen LogP contribution in [-0.4, -0.2) is 18.1 Å². The lowest BCUT2D eigenvalue weighted by Gasteiger charge is -2.06. The summed E-state index contributed by atoms with van der Waals surface area (Å²) in [6, 6.07) is 5.00. The van der Waals surface area contributed by atoms with E-state index in [0.29, 0.717) is 23.3 Å². The largest absolute Gasteiger partial charge is 0.487 e. The topological polar surface area (TPSA) is 71.9 Å². The third-order valence-electron chi connectivity index (χ3n) is 1.69. The summed E-state index contributed by atoms with van der Waals surface area (Å²) in [5.41, 5.74) is 5.91. The average molecular weight is 207 g/mol. The van der Waals surface area contributed by atoms with Crippen LogP contribution in [0.1, 0.15) is 5.69 Å². The van der Waals surface area contributed by atoms with Gasteiger partial charge in [-0.1, -0.05) is 0 Å². The van der Waals surface area contributed by atoms with Crippen LogP contribution in [-0.2, 0) is 0 Å². The van der Waals surface area contributed by atoms with Gasteiger partial charge in [-0.05, 0) is 12.1 Å². The first kappa shape index (κ1) is 11.1. The minimum atomic E-state index is 0.0839. The molecule has 0 aromatic carbocycles. The quantitative estimate of drug-likeness (QED) is 0.803. The lowest BCUT2D eigenvalue weighted by atomic mass is 10.3. The molecule has 0 bridgehead atoms. The van der Waals surface area contributed by atoms with Crippen molar-refractivity contribution in [3.05, 3.63) is 35.9 Å². The van der Waals surface area contributed by atoms with Gasteiger partial charge in [0, 0.05) is 12.1 Å². The maximum atomic E-state index is 12.1. The van der Waals surface area contributed by atoms with Gasteiger partial charge in [-0.3, -0.25) is 0 Å². The predicted molar refractivity (Wildman–Crippen MR) is 52.7 cm³/mol. The van der Waals surface area contributed by atoms with Gasteiger partial charge >= 0.3 is 0 Å². The van der Waals surface area contributed by atoms with E-state index in [4.69, 9.17) is 15.7 Å². The highest BCUT2D eigenvalue weighted by Gasteiger charge is 1.98. The fourth-order valence-electron chi connectivity index (χ4n) is 0.843. The van der Waals surface area contributed by atoms with Gasteiger partial charge in [0.2, 0.25) is 0 Å². The Hall–Kier alpha value is -1.93. The van der Waals surface area contributed by atoms with Gasteiger partial charge in [0.05, 0.1) is 12.5 Å². The van der Waals surface area contributed by atoms with Crippen LogP contribution in [0.2, 0.25) is 0 Å². The highest BCUT2D eigenvalue weighted by molar-refractivity contribution is 5.26. The van der Waals surface area contributed by atoms with Gasteiger partial charge in [-0.2, -0.15) is 5.26 Å². The lowest BCUT2D eigenvalue weighted by Crippen LogP contribution is -2.10. The Morgan fingerprint density at radius 2 is 2.47 bits per heavy atom. The number of hydrogen-bond donors (Lipinski definition) is 1. The highest BCUT2D eigenvalue weighted by Crippen LogP contribution is 2.09. The molecule has 4 nitrogen and oxygen atoms in total. The molecule has 0 unspecified atom stereocenters. The van der Waals surface area contributed by atoms with E-state index in [9.17, 15) is 4.39 Å². The van der Waals surface area contributed by atoms with Crippen molar-refractivity contribution in [3.63, 3.8) is 0 Å². The molecule has 78 valence electrons. The van der Waals surface area contributed by atoms with Gasteiger partial charge in [0.1, 0.15) is 24.1 Å². The van der Waals surface area contributed by atoms with E-state index < -0.39 is 0 Å². The van der Waals surface area contributed by atoms with Crippen LogP contribution in [0.15, 0.2) is 30.2 Å². The fraction of sp³-hybridized carbons (Fsp3) is 0.200. The minimum absolute atomic E-state index is 0.0839. The number of nitrogens with zero attached hydrogens (tertiary/aromatic N) is 2. The monoisotopic (exact) mass is 207 g/mol. The second-order valence-electron chi connectivity index (χ2n) is 2.75. The Bertz CT molecular complexity index is 381. The van der Waals surface area contributed by atoms with Crippen molar-refractivity contribution in [1.82, 2.24) is 4.98 Å². The van der Waals surface area contributed by atoms with E-state index >= 15 is 0 Å². The number of ether oxygens (including phenoxy) is 1. The van der Waals surface area contributed by atoms with Crippen molar-refractivity contribution in [2.75, 3.05) is 13.2 Å². The lowest BCUT2D eigenvalue weighted by molar-refractivity contribution is 0.346. The summed E-state index contributed by atoms with van der Waals surface area (Å²) in [6.45, 7) is 0.195. The molecule has 0 aliphatic heterocycles. The summed E-state index contributed by atoms with van der Waals surface area (Å²) in [5.74, 6) is 0.474. The fourth-order valence-corrected chi connectivity index (χ4v) is 0.843. The zero-order valence-electron chi connectivity index (χ0n) is 7.98. The van der Waals surface area contributed by atoms with Gasteiger partial charge in [0.25, 0.3) is 0 Å². The minimum Gasteiger partial charge on any atom is -0.487 e. The second kappa shape index (κ2) is 5.73. The summed E-state index contributed by atoms with van der Waals surface area (Å²) < 4.78 is 17.3. The van der Waals surface area contributed by atoms with Crippen molar-refractivity contribution in [2.24, 2.45) is 5.73 Å². The summed E-state index contributed by atoms with van der Waals surface area (Å²) in [4.78, 5) is 3.80. The molecular formula is C10H10FN3O. The Kier molecular flexibility index (Phi) is 4.26. The Morgan fingerprint density at radius 3 is 2.93 bits per heavy atom. The summed E-state index contributed by atoms with van der Waals surface area (Å²) in [7, 11) is 0. The van der Waals surface area contributed by atoms with Crippen LogP contribution in [0.4, 0.5) is 4.39 Å². The molecule has 1 heterocycles. The average Bonchev–Trinajstić information content (AvgIpc) is 2.31. The summed E-state index contributed by atoms with van der Waals surface area (Å²) >= 11 is 0. The normalized spacial score (nSPS) is 10.9. The van der Waals surface area contributed by atoms with Gasteiger partial charge in [-0.15, -0.1) is 0 Å². The molecule has 5 heteroatoms. The maximum Gasteiger partial charge on any atom is 0.140 e. The molecule has 0 saturated carbocycles. The molecule has 0 atom stereocenters. The van der Waals surface area contributed by atoms with Crippen molar-refractivity contribution < 1.29 is 9.13 Å². The molecule has 15 heavy (non-hydrogen) atoms. The number of pyridine rings is 1. The van der Waals surface area contributed by atoms with E-state index in [2.05, 4.69) is 4.98 Å². The van der Waals surface area contributed by atoms with Gasteiger partial charge < -0.3 is 10.5 Å². The van der Waals surface area contributed by atoms with E-state index in [0.717, 1.165) is 0 Å². The highest BCUT2D eigenvalue weighted by atomic mass is 19.1. The summed E-state index contributed by atoms with van der Waals surface area (Å²) in [6.07, 6.45) is 1.84. The van der Waals surface area contributed by atoms with Crippen molar-refractivity contribution in [1.29, 1.82) is 5.26 Å². The molecule has 0 radical (unpaired) electrons. The van der Waals surface area contributed by atoms with E-state index in [-0.39, 0.29) is 13.2 Å². The van der Waals surface area contributed by atoms with Crippen LogP contribution in [0.3, 0.4) is 0 Å². The Morgan fingerprint density at radius 1 is 1.67 bits per heavy atom. The first-order valence-electron chi connectivity index (χ1n) is 4.27. The molecular weight excluding hydrogens is 197 g/mol. The standard InChI is InChI=1S/C10H10FN3O/c11-3-8(4-12)7-15-10-2-1-9(5-13)14-6-10/h1-3,6H,4,7,12H2/b8-3-. The van der Waals surface area contributed by atoms with Crippen LogP contribution in [0, 0.1) is 11.3 Å². The zero-order chi connectivity index (χ0) is 11.1. The Labute approximate surface area is 86.8 Å². The third kappa shape index (κ3) is 3.37. The van der Waals surface area contributed by atoms with Crippen molar-refractivity contribution in [3.8, 4) is 11.8 Å². The number of halogens is 1. The third-order valence-corrected chi connectivity index (χ3v) is 1.69. The second-order valence-corrected chi connectivity index (χ2v) is 2.75. The van der Waals surface area contributed by atoms with Crippen LogP contribution in [0.5, 0.6) is 5.75 Å². The molecule has 0 spiro atoms. The molecule has 2 N–H and O–H groups in total. The first-order valence-corrected chi connectivity index (χ1v) is 4.27. The smallest absolute Gasteiger partial charge is 0.140 e. The van der Waals surface area contributed by atoms with E-state index in [1.54, 1.807) is 6.07 Å². The van der Waals surface area contributed by atoms with E-state index in [1.165, 1.54) is 12.3 Å². The predicted octanol–water partition coefficient (Wildman–Crippen LogP) is 1.14. The Balaban J connectivity index is 2.55. The molecule has 1 aromatic rings. The van der Waals surface area contributed by atoms with Crippen LogP contribution < -0.4 is 10.5 Å². The molecule has 0 fully saturated rings. The number of hydrogen-bond acceptors (Lipinski definition) is 4. The number of aromatic nitrogens is 1. The van der Waals surface area contributed by atoms with Crippen LogP contribution in [0.25, 0.3) is 0 Å². The maximum absolute atomic E-state index is 12.1. The molecule has 0 aliphatic carbocycles. The molecule has 1 aromatic heterocycles. The number of rotatable bonds is 4. The molecule has 0 saturated heterocycles. The SMILES string of the molecule is N#Cc1ccc(OC/C(=C\F)CN)cn1. The first-order chi connectivity index (χ1) is 7.30. The van der Waals surface area contributed by atoms with Crippen molar-refractivity contribution >= 4 is 0 Å². The molecule has 0 aliphatic rings. The van der Waals surface area contributed by atoms with Gasteiger partial charge in [0.15, 0.2) is 0 Å². The number of nitriles is 1. The van der Waals surface area contributed by atoms with Crippen molar-refractivity contribution in [2.45, 2.75) is 0 Å². The molecule has 0 amide bonds. The number of nitrogens with two attached hydrogens (primary N) is 1. The zero-order valence-corrected chi connectivity index (χ0v) is 7.98. The molecule has 1 rings (SSSR count).